The van der Waals surface area contributed by atoms with Crippen molar-refractivity contribution in [1.29, 1.82) is 0 Å². The van der Waals surface area contributed by atoms with Crippen LogP contribution in [-0.4, -0.2) is 51.4 Å². The number of benzene rings is 1. The monoisotopic (exact) mass is 292 g/mol. The van der Waals surface area contributed by atoms with Gasteiger partial charge in [-0.2, -0.15) is 0 Å². The molecule has 4 nitrogen and oxygen atoms in total. The van der Waals surface area contributed by atoms with E-state index in [1.54, 1.807) is 14.2 Å². The van der Waals surface area contributed by atoms with Crippen molar-refractivity contribution in [2.75, 3.05) is 40.5 Å². The lowest BCUT2D eigenvalue weighted by atomic mass is 10.1. The highest BCUT2D eigenvalue weighted by molar-refractivity contribution is 5.22. The predicted molar refractivity (Wildman–Crippen MR) is 85.3 cm³/mol. The van der Waals surface area contributed by atoms with Crippen LogP contribution in [0.25, 0.3) is 0 Å². The van der Waals surface area contributed by atoms with Crippen molar-refractivity contribution in [1.82, 2.24) is 10.2 Å². The molecule has 0 bridgehead atoms. The lowest BCUT2D eigenvalue weighted by molar-refractivity contribution is 0.138. The van der Waals surface area contributed by atoms with Gasteiger partial charge < -0.3 is 14.8 Å². The quantitative estimate of drug-likeness (QED) is 0.755. The van der Waals surface area contributed by atoms with Crippen molar-refractivity contribution in [3.8, 4) is 0 Å². The van der Waals surface area contributed by atoms with Crippen molar-refractivity contribution < 1.29 is 9.47 Å². The molecule has 0 aliphatic carbocycles. The van der Waals surface area contributed by atoms with Crippen molar-refractivity contribution in [3.63, 3.8) is 0 Å². The van der Waals surface area contributed by atoms with Gasteiger partial charge in [0.05, 0.1) is 13.2 Å². The second kappa shape index (κ2) is 9.15. The lowest BCUT2D eigenvalue weighted by Gasteiger charge is -2.25. The number of hydrogen-bond donors (Lipinski definition) is 1. The fraction of sp³-hybridized carbons (Fsp3) is 0.647. The highest BCUT2D eigenvalue weighted by Gasteiger charge is 2.17. The molecule has 118 valence electrons. The van der Waals surface area contributed by atoms with E-state index in [0.717, 1.165) is 32.8 Å². The van der Waals surface area contributed by atoms with Gasteiger partial charge in [-0.05, 0) is 30.5 Å². The molecule has 1 heterocycles. The Balaban J connectivity index is 1.89. The van der Waals surface area contributed by atoms with Crippen LogP contribution >= 0.6 is 0 Å². The maximum Gasteiger partial charge on any atom is 0.0713 e. The van der Waals surface area contributed by atoms with Crippen molar-refractivity contribution in [2.45, 2.75) is 32.0 Å². The van der Waals surface area contributed by atoms with Crippen molar-refractivity contribution >= 4 is 0 Å². The second-order valence-corrected chi connectivity index (χ2v) is 5.77. The molecule has 0 radical (unpaired) electrons. The molecule has 21 heavy (non-hydrogen) atoms. The highest BCUT2D eigenvalue weighted by atomic mass is 16.5. The molecule has 1 aromatic carbocycles. The van der Waals surface area contributed by atoms with Crippen LogP contribution in [0, 0.1) is 0 Å². The van der Waals surface area contributed by atoms with Crippen molar-refractivity contribution in [2.24, 2.45) is 0 Å². The van der Waals surface area contributed by atoms with Crippen LogP contribution in [0.4, 0.5) is 0 Å². The SMILES string of the molecule is COCCN(Cc1ccc(COC)cc1)CC1CCCN1. The third kappa shape index (κ3) is 5.75. The van der Waals surface area contributed by atoms with E-state index in [9.17, 15) is 0 Å². The largest absolute Gasteiger partial charge is 0.383 e. The first-order chi connectivity index (χ1) is 10.3. The third-order valence-corrected chi connectivity index (χ3v) is 3.99. The highest BCUT2D eigenvalue weighted by Crippen LogP contribution is 2.12. The molecule has 1 aromatic rings. The van der Waals surface area contributed by atoms with Gasteiger partial charge in [-0.15, -0.1) is 0 Å². The minimum Gasteiger partial charge on any atom is -0.383 e. The topological polar surface area (TPSA) is 33.7 Å². The number of nitrogens with one attached hydrogen (secondary N) is 1. The average molecular weight is 292 g/mol. The molecular formula is C17H28N2O2. The molecule has 0 saturated carbocycles. The van der Waals surface area contributed by atoms with Gasteiger partial charge in [0.1, 0.15) is 0 Å². The lowest BCUT2D eigenvalue weighted by Crippen LogP contribution is -2.38. The number of methoxy groups -OCH3 is 2. The van der Waals surface area contributed by atoms with Crippen LogP contribution in [0.15, 0.2) is 24.3 Å². The summed E-state index contributed by atoms with van der Waals surface area (Å²) in [4.78, 5) is 2.48. The molecule has 1 unspecified atom stereocenters. The minimum atomic E-state index is 0.634. The number of rotatable bonds is 9. The van der Waals surface area contributed by atoms with Gasteiger partial charge in [0, 0.05) is 39.9 Å². The fourth-order valence-corrected chi connectivity index (χ4v) is 2.85. The van der Waals surface area contributed by atoms with Crippen LogP contribution in [0.3, 0.4) is 0 Å². The summed E-state index contributed by atoms with van der Waals surface area (Å²) in [5.41, 5.74) is 2.58. The Morgan fingerprint density at radius 2 is 1.90 bits per heavy atom. The van der Waals surface area contributed by atoms with Gasteiger partial charge >= 0.3 is 0 Å². The van der Waals surface area contributed by atoms with E-state index in [4.69, 9.17) is 9.47 Å². The second-order valence-electron chi connectivity index (χ2n) is 5.77. The standard InChI is InChI=1S/C17H28N2O2/c1-20-11-10-19(13-17-4-3-9-18-17)12-15-5-7-16(8-6-15)14-21-2/h5-8,17-18H,3-4,9-14H2,1-2H3. The van der Waals surface area contributed by atoms with E-state index in [-0.39, 0.29) is 0 Å². The Bertz CT molecular complexity index is 388. The molecule has 1 saturated heterocycles. The summed E-state index contributed by atoms with van der Waals surface area (Å²) in [6.45, 7) is 5.69. The Hall–Kier alpha value is -0.940. The molecule has 1 N–H and O–H groups in total. The first-order valence-corrected chi connectivity index (χ1v) is 7.83. The molecule has 1 atom stereocenters. The molecule has 1 aliphatic heterocycles. The van der Waals surface area contributed by atoms with Crippen molar-refractivity contribution in [3.05, 3.63) is 35.4 Å². The predicted octanol–water partition coefficient (Wildman–Crippen LogP) is 2.03. The molecule has 1 aliphatic rings. The normalized spacial score (nSPS) is 18.5. The van der Waals surface area contributed by atoms with E-state index in [0.29, 0.717) is 12.6 Å². The number of ether oxygens (including phenoxy) is 2. The molecule has 4 heteroatoms. The zero-order chi connectivity index (χ0) is 14.9. The van der Waals surface area contributed by atoms with E-state index in [1.807, 2.05) is 0 Å². The van der Waals surface area contributed by atoms with Gasteiger partial charge in [-0.3, -0.25) is 4.90 Å². The summed E-state index contributed by atoms with van der Waals surface area (Å²) in [5.74, 6) is 0. The van der Waals surface area contributed by atoms with Crippen LogP contribution in [0.5, 0.6) is 0 Å². The summed E-state index contributed by atoms with van der Waals surface area (Å²) in [7, 11) is 3.50. The van der Waals surface area contributed by atoms with E-state index in [1.165, 1.54) is 24.0 Å². The fourth-order valence-electron chi connectivity index (χ4n) is 2.85. The molecule has 0 aromatic heterocycles. The summed E-state index contributed by atoms with van der Waals surface area (Å²) in [6.07, 6.45) is 2.59. The van der Waals surface area contributed by atoms with E-state index < -0.39 is 0 Å². The van der Waals surface area contributed by atoms with Gasteiger partial charge in [0.2, 0.25) is 0 Å². The molecule has 0 spiro atoms. The number of hydrogen-bond acceptors (Lipinski definition) is 4. The first-order valence-electron chi connectivity index (χ1n) is 7.83. The van der Waals surface area contributed by atoms with Gasteiger partial charge in [-0.25, -0.2) is 0 Å². The van der Waals surface area contributed by atoms with Gasteiger partial charge in [0.25, 0.3) is 0 Å². The maximum absolute atomic E-state index is 5.25. The van der Waals surface area contributed by atoms with E-state index >= 15 is 0 Å². The average Bonchev–Trinajstić information content (AvgIpc) is 3.00. The zero-order valence-electron chi connectivity index (χ0n) is 13.3. The van der Waals surface area contributed by atoms with Gasteiger partial charge in [-0.1, -0.05) is 24.3 Å². The van der Waals surface area contributed by atoms with Crippen LogP contribution < -0.4 is 5.32 Å². The number of nitrogens with zero attached hydrogens (tertiary/aromatic N) is 1. The van der Waals surface area contributed by atoms with Crippen LogP contribution in [0.2, 0.25) is 0 Å². The zero-order valence-corrected chi connectivity index (χ0v) is 13.3. The first kappa shape index (κ1) is 16.4. The Morgan fingerprint density at radius 1 is 1.14 bits per heavy atom. The molecule has 1 fully saturated rings. The van der Waals surface area contributed by atoms with Gasteiger partial charge in [0.15, 0.2) is 0 Å². The van der Waals surface area contributed by atoms with Crippen LogP contribution in [0.1, 0.15) is 24.0 Å². The molecule has 2 rings (SSSR count). The minimum absolute atomic E-state index is 0.634. The third-order valence-electron chi connectivity index (χ3n) is 3.99. The Kier molecular flexibility index (Phi) is 7.16. The smallest absolute Gasteiger partial charge is 0.0713 e. The molecular weight excluding hydrogens is 264 g/mol. The summed E-state index contributed by atoms with van der Waals surface area (Å²) in [6, 6.07) is 9.35. The van der Waals surface area contributed by atoms with Crippen LogP contribution in [-0.2, 0) is 22.6 Å². The Labute approximate surface area is 128 Å². The van der Waals surface area contributed by atoms with E-state index in [2.05, 4.69) is 34.5 Å². The summed E-state index contributed by atoms with van der Waals surface area (Å²) in [5, 5.41) is 3.58. The summed E-state index contributed by atoms with van der Waals surface area (Å²) >= 11 is 0. The molecule has 0 amide bonds. The maximum atomic E-state index is 5.25. The summed E-state index contributed by atoms with van der Waals surface area (Å²) < 4.78 is 10.4. The Morgan fingerprint density at radius 3 is 2.52 bits per heavy atom.